The van der Waals surface area contributed by atoms with Crippen molar-refractivity contribution < 1.29 is 14.4 Å². The molecule has 0 unspecified atom stereocenters. The van der Waals surface area contributed by atoms with Crippen molar-refractivity contribution in [3.05, 3.63) is 182 Å². The van der Waals surface area contributed by atoms with E-state index in [4.69, 9.17) is 14.4 Å². The van der Waals surface area contributed by atoms with Gasteiger partial charge in [0.2, 0.25) is 0 Å². The maximum atomic E-state index is 8.48. The molecule has 6 rings (SSSR count). The van der Waals surface area contributed by atoms with E-state index in [9.17, 15) is 0 Å². The smallest absolute Gasteiger partial charge is 0.276 e. The highest BCUT2D eigenvalue weighted by Crippen LogP contribution is 2.52. The van der Waals surface area contributed by atoms with Crippen molar-refractivity contribution >= 4 is 54.6 Å². The Labute approximate surface area is 277 Å². The minimum absolute atomic E-state index is 1.43. The molecule has 46 heavy (non-hydrogen) atoms. The van der Waals surface area contributed by atoms with Gasteiger partial charge in [0.1, 0.15) is 46.4 Å². The SMILES string of the molecule is CC.C[P+](c1ccccc1)(c1ccccc1)c1ccccc1.C[P+](c1ccccc1)(c1ccccc1)c1ccccc1.O=[P+]([O-])[O-]. The molecule has 0 spiro atoms. The molecule has 0 amide bonds. The summed E-state index contributed by atoms with van der Waals surface area (Å²) in [5, 5.41) is 8.57. The van der Waals surface area contributed by atoms with Crippen LogP contribution in [0.3, 0.4) is 0 Å². The summed E-state index contributed by atoms with van der Waals surface area (Å²) in [5.74, 6) is 0. The summed E-state index contributed by atoms with van der Waals surface area (Å²) in [4.78, 5) is 17.0. The summed E-state index contributed by atoms with van der Waals surface area (Å²) in [5.41, 5.74) is 0. The molecule has 3 nitrogen and oxygen atoms in total. The van der Waals surface area contributed by atoms with E-state index in [0.29, 0.717) is 0 Å². The van der Waals surface area contributed by atoms with Gasteiger partial charge in [-0.2, -0.15) is 0 Å². The van der Waals surface area contributed by atoms with Crippen LogP contribution < -0.4 is 41.6 Å². The highest BCUT2D eigenvalue weighted by molar-refractivity contribution is 7.95. The highest BCUT2D eigenvalue weighted by Gasteiger charge is 2.40. The number of hydrogen-bond donors (Lipinski definition) is 0. The predicted molar refractivity (Wildman–Crippen MR) is 201 cm³/mol. The highest BCUT2D eigenvalue weighted by atomic mass is 31.2. The van der Waals surface area contributed by atoms with Crippen LogP contribution in [0.2, 0.25) is 0 Å². The van der Waals surface area contributed by atoms with Crippen molar-refractivity contribution in [2.24, 2.45) is 0 Å². The number of rotatable bonds is 6. The second kappa shape index (κ2) is 19.0. The van der Waals surface area contributed by atoms with Gasteiger partial charge in [-0.1, -0.05) is 128 Å². The Morgan fingerprint density at radius 1 is 0.348 bits per heavy atom. The molecule has 6 heteroatoms. The normalized spacial score (nSPS) is 10.5. The fourth-order valence-electron chi connectivity index (χ4n) is 5.25. The van der Waals surface area contributed by atoms with E-state index in [0.717, 1.165) is 0 Å². The average molecular weight is 664 g/mol. The molecular weight excluding hydrogens is 621 g/mol. The summed E-state index contributed by atoms with van der Waals surface area (Å²) >= 11 is 0. The molecule has 0 saturated carbocycles. The molecule has 0 aromatic heterocycles. The van der Waals surface area contributed by atoms with Gasteiger partial charge in [-0.3, -0.25) is 0 Å². The zero-order valence-corrected chi connectivity index (χ0v) is 29.6. The molecule has 0 aliphatic carbocycles. The monoisotopic (exact) mass is 663 g/mol. The van der Waals surface area contributed by atoms with Crippen molar-refractivity contribution in [2.45, 2.75) is 13.8 Å². The van der Waals surface area contributed by atoms with Crippen LogP contribution in [0.25, 0.3) is 0 Å². The van der Waals surface area contributed by atoms with Gasteiger partial charge >= 0.3 is 0 Å². The Morgan fingerprint density at radius 3 is 0.565 bits per heavy atom. The standard InChI is InChI=1S/2C19H18P.C2H6.HO3P/c2*1-20(17-11-5-2-6-12-17,18-13-7-3-8-14-18)19-15-9-4-10-16-19;1-2;1-4(2)3/h2*2-16H,1H3;1-2H3;(H,1,2,3)/q2*+1;;/p-1. The zero-order valence-electron chi connectivity index (χ0n) is 26.9. The topological polar surface area (TPSA) is 63.2 Å². The van der Waals surface area contributed by atoms with Gasteiger partial charge < -0.3 is 9.79 Å². The molecule has 6 aromatic rings. The lowest BCUT2D eigenvalue weighted by Crippen LogP contribution is -2.30. The third kappa shape index (κ3) is 9.60. The number of benzene rings is 6. The molecule has 0 saturated heterocycles. The largest absolute Gasteiger partial charge is 0.598 e. The first-order valence-electron chi connectivity index (χ1n) is 15.2. The first kappa shape index (κ1) is 36.7. The summed E-state index contributed by atoms with van der Waals surface area (Å²) in [6.07, 6.45) is 0. The molecule has 0 fully saturated rings. The molecule has 0 heterocycles. The number of hydrogen-bond acceptors (Lipinski definition) is 3. The van der Waals surface area contributed by atoms with Crippen LogP contribution >= 0.6 is 22.8 Å². The lowest BCUT2D eigenvalue weighted by molar-refractivity contribution is -0.297. The van der Waals surface area contributed by atoms with Gasteiger partial charge in [0, 0.05) is 0 Å². The summed E-state index contributed by atoms with van der Waals surface area (Å²) < 4.78 is 8.48. The van der Waals surface area contributed by atoms with E-state index in [1.54, 1.807) is 0 Å². The van der Waals surface area contributed by atoms with Crippen molar-refractivity contribution in [2.75, 3.05) is 13.3 Å². The van der Waals surface area contributed by atoms with Gasteiger partial charge in [0.05, 0.1) is 13.3 Å². The van der Waals surface area contributed by atoms with E-state index in [1.807, 2.05) is 13.8 Å². The minimum Gasteiger partial charge on any atom is -0.598 e. The summed E-state index contributed by atoms with van der Waals surface area (Å²) in [7, 11) is -6.42. The first-order chi connectivity index (χ1) is 22.4. The Hall–Kier alpha value is -3.80. The second-order valence-corrected chi connectivity index (χ2v) is 17.8. The van der Waals surface area contributed by atoms with Gasteiger partial charge in [-0.15, -0.1) is 0 Å². The fourth-order valence-corrected chi connectivity index (χ4v) is 11.7. The van der Waals surface area contributed by atoms with E-state index < -0.39 is 22.8 Å². The lowest BCUT2D eigenvalue weighted by Gasteiger charge is -2.22. The fraction of sp³-hybridized carbons (Fsp3) is 0.100. The molecule has 0 aliphatic rings. The second-order valence-electron chi connectivity index (χ2n) is 10.2. The quantitative estimate of drug-likeness (QED) is 0.189. The van der Waals surface area contributed by atoms with Crippen LogP contribution in [0.4, 0.5) is 0 Å². The van der Waals surface area contributed by atoms with Crippen molar-refractivity contribution in [1.29, 1.82) is 0 Å². The molecule has 234 valence electrons. The first-order valence-corrected chi connectivity index (χ1v) is 20.8. The maximum Gasteiger partial charge on any atom is 0.276 e. The maximum absolute atomic E-state index is 8.48. The Kier molecular flexibility index (Phi) is 15.1. The van der Waals surface area contributed by atoms with Crippen LogP contribution in [0, 0.1) is 0 Å². The Bertz CT molecular complexity index is 1360. The van der Waals surface area contributed by atoms with Crippen LogP contribution in [-0.4, -0.2) is 13.3 Å². The molecule has 0 bridgehead atoms. The van der Waals surface area contributed by atoms with E-state index >= 15 is 0 Å². The van der Waals surface area contributed by atoms with Gasteiger partial charge in [-0.05, 0) is 72.8 Å². The molecule has 0 N–H and O–H groups in total. The average Bonchev–Trinajstić information content (AvgIpc) is 3.14. The van der Waals surface area contributed by atoms with Gasteiger partial charge in [0.15, 0.2) is 0 Å². The van der Waals surface area contributed by atoms with Crippen LogP contribution in [0.1, 0.15) is 13.8 Å². The van der Waals surface area contributed by atoms with Crippen LogP contribution in [0.5, 0.6) is 0 Å². The Balaban J connectivity index is 0.000000214. The van der Waals surface area contributed by atoms with Gasteiger partial charge in [0.25, 0.3) is 8.25 Å². The van der Waals surface area contributed by atoms with Crippen molar-refractivity contribution in [3.8, 4) is 0 Å². The Morgan fingerprint density at radius 2 is 0.457 bits per heavy atom. The van der Waals surface area contributed by atoms with Crippen LogP contribution in [0.15, 0.2) is 182 Å². The summed E-state index contributed by atoms with van der Waals surface area (Å²) in [6.45, 7) is 8.82. The molecule has 0 radical (unpaired) electrons. The van der Waals surface area contributed by atoms with E-state index in [-0.39, 0.29) is 0 Å². The van der Waals surface area contributed by atoms with Crippen molar-refractivity contribution in [1.82, 2.24) is 0 Å². The molecular formula is C40H42O3P3+. The van der Waals surface area contributed by atoms with E-state index in [2.05, 4.69) is 195 Å². The van der Waals surface area contributed by atoms with E-state index in [1.165, 1.54) is 31.8 Å². The minimum atomic E-state index is -3.37. The molecule has 0 atom stereocenters. The summed E-state index contributed by atoms with van der Waals surface area (Å²) in [6, 6.07) is 65.3. The third-order valence-electron chi connectivity index (χ3n) is 7.64. The molecule has 0 aliphatic heterocycles. The van der Waals surface area contributed by atoms with Crippen molar-refractivity contribution in [3.63, 3.8) is 0 Å². The predicted octanol–water partition coefficient (Wildman–Crippen LogP) is 6.61. The third-order valence-corrected chi connectivity index (χ3v) is 15.6. The lowest BCUT2D eigenvalue weighted by atomic mass is 10.4. The van der Waals surface area contributed by atoms with Crippen LogP contribution in [-0.2, 0) is 4.57 Å². The van der Waals surface area contributed by atoms with Gasteiger partial charge in [-0.25, -0.2) is 0 Å². The molecule has 6 aromatic carbocycles. The zero-order chi connectivity index (χ0) is 33.3.